The quantitative estimate of drug-likeness (QED) is 0.200. The molecule has 1 heterocycles. The molecule has 1 aromatic heterocycles. The number of methoxy groups -OCH3 is 1. The average Bonchev–Trinajstić information content (AvgIpc) is 2.83. The number of aromatic nitrogens is 1. The summed E-state index contributed by atoms with van der Waals surface area (Å²) >= 11 is 0. The number of aliphatic imine (C=N–C) groups is 1. The van der Waals surface area contributed by atoms with E-state index in [0.29, 0.717) is 37.2 Å². The number of ether oxygens (including phenoxy) is 3. The maximum atomic E-state index is 5.87. The summed E-state index contributed by atoms with van der Waals surface area (Å²) in [4.78, 5) is 8.99. The van der Waals surface area contributed by atoms with E-state index < -0.39 is 0 Å². The number of halogens is 1. The summed E-state index contributed by atoms with van der Waals surface area (Å²) in [7, 11) is 1.63. The smallest absolute Gasteiger partial charge is 0.196 e. The number of benzene rings is 2. The summed E-state index contributed by atoms with van der Waals surface area (Å²) in [6.07, 6.45) is 1.76. The van der Waals surface area contributed by atoms with Gasteiger partial charge in [-0.15, -0.1) is 24.0 Å². The van der Waals surface area contributed by atoms with Gasteiger partial charge < -0.3 is 24.8 Å². The van der Waals surface area contributed by atoms with Gasteiger partial charge in [0.25, 0.3) is 0 Å². The minimum atomic E-state index is 0. The highest BCUT2D eigenvalue weighted by Gasteiger charge is 2.07. The van der Waals surface area contributed by atoms with Crippen molar-refractivity contribution in [2.75, 3.05) is 25.6 Å². The second-order valence-electron chi connectivity index (χ2n) is 6.88. The van der Waals surface area contributed by atoms with Crippen molar-refractivity contribution in [3.05, 3.63) is 78.1 Å². The normalized spacial score (nSPS) is 10.7. The maximum Gasteiger partial charge on any atom is 0.196 e. The molecule has 0 saturated heterocycles. The van der Waals surface area contributed by atoms with Gasteiger partial charge in [-0.05, 0) is 55.8 Å². The molecular weight excluding hydrogens is 531 g/mol. The fourth-order valence-electron chi connectivity index (χ4n) is 3.01. The number of nitrogens with zero attached hydrogens (tertiary/aromatic N) is 2. The summed E-state index contributed by atoms with van der Waals surface area (Å²) in [5.74, 6) is 2.85. The van der Waals surface area contributed by atoms with Crippen LogP contribution in [0.1, 0.15) is 25.1 Å². The minimum Gasteiger partial charge on any atom is -0.493 e. The van der Waals surface area contributed by atoms with Crippen molar-refractivity contribution in [3.8, 4) is 17.2 Å². The molecule has 0 aliphatic rings. The highest BCUT2D eigenvalue weighted by Crippen LogP contribution is 2.30. The fraction of sp³-hybridized carbons (Fsp3) is 0.280. The Morgan fingerprint density at radius 3 is 2.58 bits per heavy atom. The predicted molar refractivity (Wildman–Crippen MR) is 143 cm³/mol. The molecule has 2 N–H and O–H groups in total. The van der Waals surface area contributed by atoms with E-state index >= 15 is 0 Å². The van der Waals surface area contributed by atoms with Crippen molar-refractivity contribution >= 4 is 35.6 Å². The van der Waals surface area contributed by atoms with Crippen molar-refractivity contribution in [1.29, 1.82) is 0 Å². The largest absolute Gasteiger partial charge is 0.493 e. The zero-order valence-electron chi connectivity index (χ0n) is 19.2. The molecule has 0 spiro atoms. The first-order chi connectivity index (χ1) is 15.7. The summed E-state index contributed by atoms with van der Waals surface area (Å²) in [5.41, 5.74) is 2.79. The Kier molecular flexibility index (Phi) is 11.3. The van der Waals surface area contributed by atoms with Crippen LogP contribution in [-0.2, 0) is 13.2 Å². The standard InChI is InChI=1S/C25H30N4O3.HI/c1-4-26-25(29-20-12-13-23(31-5-2)24(16-20)30-3)28-17-19-9-8-11-22(15-19)32-18-21-10-6-7-14-27-21;/h6-16H,4-5,17-18H2,1-3H3,(H2,26,28,29);1H. The van der Waals surface area contributed by atoms with Crippen molar-refractivity contribution in [2.24, 2.45) is 4.99 Å². The van der Waals surface area contributed by atoms with Gasteiger partial charge in [0.05, 0.1) is 26.0 Å². The molecule has 0 atom stereocenters. The van der Waals surface area contributed by atoms with Crippen molar-refractivity contribution < 1.29 is 14.2 Å². The van der Waals surface area contributed by atoms with Crippen LogP contribution in [0.4, 0.5) is 5.69 Å². The van der Waals surface area contributed by atoms with E-state index in [0.717, 1.165) is 29.2 Å². The monoisotopic (exact) mass is 562 g/mol. The fourth-order valence-corrected chi connectivity index (χ4v) is 3.01. The molecule has 0 amide bonds. The summed E-state index contributed by atoms with van der Waals surface area (Å²) in [6.45, 7) is 6.23. The molecule has 33 heavy (non-hydrogen) atoms. The average molecular weight is 562 g/mol. The van der Waals surface area contributed by atoms with Crippen LogP contribution in [0.3, 0.4) is 0 Å². The summed E-state index contributed by atoms with van der Waals surface area (Å²) < 4.78 is 16.9. The molecule has 7 nitrogen and oxygen atoms in total. The van der Waals surface area contributed by atoms with Gasteiger partial charge in [0.2, 0.25) is 0 Å². The molecule has 0 fully saturated rings. The molecular formula is C25H31IN4O3. The first-order valence-electron chi connectivity index (χ1n) is 10.7. The van der Waals surface area contributed by atoms with Crippen LogP contribution in [0, 0.1) is 0 Å². The second kappa shape index (κ2) is 14.2. The Balaban J connectivity index is 0.00000385. The van der Waals surface area contributed by atoms with E-state index in [-0.39, 0.29) is 24.0 Å². The van der Waals surface area contributed by atoms with Gasteiger partial charge in [-0.25, -0.2) is 4.99 Å². The molecule has 176 valence electrons. The Hall–Kier alpha value is -3.01. The first kappa shape index (κ1) is 26.2. The molecule has 0 aliphatic carbocycles. The second-order valence-corrected chi connectivity index (χ2v) is 6.88. The Morgan fingerprint density at radius 1 is 0.970 bits per heavy atom. The molecule has 8 heteroatoms. The van der Waals surface area contributed by atoms with Crippen LogP contribution in [0.2, 0.25) is 0 Å². The lowest BCUT2D eigenvalue weighted by Crippen LogP contribution is -2.30. The highest BCUT2D eigenvalue weighted by atomic mass is 127. The predicted octanol–water partition coefficient (Wildman–Crippen LogP) is 5.26. The number of hydrogen-bond acceptors (Lipinski definition) is 5. The van der Waals surface area contributed by atoms with Crippen molar-refractivity contribution in [1.82, 2.24) is 10.3 Å². The Bertz CT molecular complexity index is 1020. The Labute approximate surface area is 212 Å². The molecule has 2 aromatic carbocycles. The van der Waals surface area contributed by atoms with E-state index in [1.807, 2.05) is 74.5 Å². The third-order valence-corrected chi connectivity index (χ3v) is 4.50. The van der Waals surface area contributed by atoms with E-state index in [9.17, 15) is 0 Å². The van der Waals surface area contributed by atoms with Gasteiger partial charge in [0.15, 0.2) is 17.5 Å². The van der Waals surface area contributed by atoms with Gasteiger partial charge in [-0.1, -0.05) is 18.2 Å². The summed E-state index contributed by atoms with van der Waals surface area (Å²) in [5, 5.41) is 6.59. The van der Waals surface area contributed by atoms with E-state index in [4.69, 9.17) is 19.2 Å². The molecule has 0 unspecified atom stereocenters. The maximum absolute atomic E-state index is 5.87. The third kappa shape index (κ3) is 8.45. The van der Waals surface area contributed by atoms with Crippen LogP contribution in [0.5, 0.6) is 17.2 Å². The zero-order chi connectivity index (χ0) is 22.6. The van der Waals surface area contributed by atoms with Gasteiger partial charge in [0, 0.05) is 24.5 Å². The topological polar surface area (TPSA) is 77.0 Å². The van der Waals surface area contributed by atoms with Gasteiger partial charge >= 0.3 is 0 Å². The number of rotatable bonds is 10. The lowest BCUT2D eigenvalue weighted by atomic mass is 10.2. The molecule has 0 saturated carbocycles. The molecule has 0 radical (unpaired) electrons. The third-order valence-electron chi connectivity index (χ3n) is 4.50. The van der Waals surface area contributed by atoms with Crippen molar-refractivity contribution in [2.45, 2.75) is 27.0 Å². The molecule has 3 rings (SSSR count). The Morgan fingerprint density at radius 2 is 1.85 bits per heavy atom. The van der Waals surface area contributed by atoms with E-state index in [1.54, 1.807) is 13.3 Å². The molecule has 3 aromatic rings. The van der Waals surface area contributed by atoms with Crippen LogP contribution in [-0.4, -0.2) is 31.2 Å². The first-order valence-corrected chi connectivity index (χ1v) is 10.7. The van der Waals surface area contributed by atoms with Crippen LogP contribution in [0.15, 0.2) is 71.9 Å². The van der Waals surface area contributed by atoms with Gasteiger partial charge in [0.1, 0.15) is 12.4 Å². The minimum absolute atomic E-state index is 0. The zero-order valence-corrected chi connectivity index (χ0v) is 21.5. The number of pyridine rings is 1. The molecule has 0 bridgehead atoms. The van der Waals surface area contributed by atoms with Crippen LogP contribution >= 0.6 is 24.0 Å². The lowest BCUT2D eigenvalue weighted by molar-refractivity contribution is 0.301. The molecule has 0 aliphatic heterocycles. The number of hydrogen-bond donors (Lipinski definition) is 2. The summed E-state index contributed by atoms with van der Waals surface area (Å²) in [6, 6.07) is 19.4. The van der Waals surface area contributed by atoms with Crippen LogP contribution in [0.25, 0.3) is 0 Å². The highest BCUT2D eigenvalue weighted by molar-refractivity contribution is 14.0. The van der Waals surface area contributed by atoms with Crippen molar-refractivity contribution in [3.63, 3.8) is 0 Å². The van der Waals surface area contributed by atoms with Gasteiger partial charge in [-0.3, -0.25) is 4.98 Å². The van der Waals surface area contributed by atoms with E-state index in [1.165, 1.54) is 0 Å². The van der Waals surface area contributed by atoms with Crippen LogP contribution < -0.4 is 24.8 Å². The SMILES string of the molecule is CCNC(=NCc1cccc(OCc2ccccn2)c1)Nc1ccc(OCC)c(OC)c1.I. The lowest BCUT2D eigenvalue weighted by Gasteiger charge is -2.14. The number of anilines is 1. The van der Waals surface area contributed by atoms with E-state index in [2.05, 4.69) is 15.6 Å². The number of guanidine groups is 1. The van der Waals surface area contributed by atoms with Gasteiger partial charge in [-0.2, -0.15) is 0 Å². The number of nitrogens with one attached hydrogen (secondary N) is 2.